The lowest BCUT2D eigenvalue weighted by Crippen LogP contribution is -2.65. The lowest BCUT2D eigenvalue weighted by Gasteiger charge is -2.50. The van der Waals surface area contributed by atoms with Crippen LogP contribution in [0.2, 0.25) is 0 Å². The molecule has 1 saturated heterocycles. The highest BCUT2D eigenvalue weighted by atomic mass is 16.5. The van der Waals surface area contributed by atoms with Crippen LogP contribution in [0.3, 0.4) is 0 Å². The van der Waals surface area contributed by atoms with E-state index in [2.05, 4.69) is 4.90 Å². The topological polar surface area (TPSA) is 69.8 Å². The number of hydrogen-bond donors (Lipinski definition) is 2. The number of benzene rings is 1. The molecule has 5 nitrogen and oxygen atoms in total. The quantitative estimate of drug-likeness (QED) is 0.795. The van der Waals surface area contributed by atoms with Crippen LogP contribution in [0.4, 0.5) is 0 Å². The first-order chi connectivity index (χ1) is 12.0. The number of aliphatic hydroxyl groups is 1. The molecule has 3 saturated carbocycles. The second-order valence-corrected chi connectivity index (χ2v) is 9.26. The first-order valence-corrected chi connectivity index (χ1v) is 9.55. The number of phenolic OH excluding ortho intramolecular Hbond substituents is 1. The Morgan fingerprint density at radius 3 is 2.96 bits per heavy atom. The normalized spacial score (nSPS) is 50.3. The number of piperidine rings is 1. The third-order valence-corrected chi connectivity index (χ3v) is 8.18. The molecule has 2 heterocycles. The Labute approximate surface area is 145 Å². The lowest BCUT2D eigenvalue weighted by molar-refractivity contribution is -0.149. The van der Waals surface area contributed by atoms with E-state index in [0.29, 0.717) is 18.6 Å². The summed E-state index contributed by atoms with van der Waals surface area (Å²) in [6, 6.07) is 3.81. The Bertz CT molecular complexity index is 879. The molecule has 3 unspecified atom stereocenters. The Morgan fingerprint density at radius 2 is 2.16 bits per heavy atom. The molecule has 130 valence electrons. The van der Waals surface area contributed by atoms with Gasteiger partial charge in [0.15, 0.2) is 23.4 Å². The molecule has 2 aliphatic heterocycles. The molecule has 1 aromatic carbocycles. The van der Waals surface area contributed by atoms with Crippen LogP contribution in [0.15, 0.2) is 12.1 Å². The van der Waals surface area contributed by atoms with Crippen molar-refractivity contribution in [3.8, 4) is 11.5 Å². The first-order valence-electron chi connectivity index (χ1n) is 9.55. The van der Waals surface area contributed by atoms with Crippen molar-refractivity contribution in [2.45, 2.75) is 67.2 Å². The van der Waals surface area contributed by atoms with Gasteiger partial charge >= 0.3 is 0 Å². The maximum Gasteiger partial charge on any atom is 0.174 e. The smallest absolute Gasteiger partial charge is 0.174 e. The third-order valence-electron chi connectivity index (χ3n) is 8.18. The molecule has 2 spiro atoms. The minimum Gasteiger partial charge on any atom is -0.504 e. The molecule has 25 heavy (non-hydrogen) atoms. The van der Waals surface area contributed by atoms with Crippen LogP contribution in [-0.4, -0.2) is 50.7 Å². The Kier molecular flexibility index (Phi) is 1.96. The third kappa shape index (κ3) is 1.19. The average Bonchev–Trinajstić information content (AvgIpc) is 3.45. The van der Waals surface area contributed by atoms with E-state index >= 15 is 0 Å². The van der Waals surface area contributed by atoms with Gasteiger partial charge < -0.3 is 14.9 Å². The molecule has 6 atom stereocenters. The van der Waals surface area contributed by atoms with Crippen molar-refractivity contribution in [3.05, 3.63) is 23.3 Å². The van der Waals surface area contributed by atoms with E-state index in [1.54, 1.807) is 6.07 Å². The molecular formula is C20H21NO4. The largest absolute Gasteiger partial charge is 0.504 e. The van der Waals surface area contributed by atoms with Gasteiger partial charge in [-0.25, -0.2) is 0 Å². The van der Waals surface area contributed by atoms with Crippen LogP contribution in [0.25, 0.3) is 0 Å². The van der Waals surface area contributed by atoms with Gasteiger partial charge in [0.05, 0.1) is 17.1 Å². The molecule has 2 N–H and O–H groups in total. The van der Waals surface area contributed by atoms with Crippen molar-refractivity contribution < 1.29 is 19.7 Å². The van der Waals surface area contributed by atoms with Crippen LogP contribution in [0.5, 0.6) is 11.5 Å². The number of ether oxygens (including phenoxy) is 1. The maximum absolute atomic E-state index is 12.7. The van der Waals surface area contributed by atoms with Gasteiger partial charge in [-0.2, -0.15) is 0 Å². The van der Waals surface area contributed by atoms with Gasteiger partial charge in [-0.1, -0.05) is 6.07 Å². The van der Waals surface area contributed by atoms with Gasteiger partial charge in [0, 0.05) is 24.1 Å². The van der Waals surface area contributed by atoms with Gasteiger partial charge in [0.1, 0.15) is 0 Å². The number of ketones is 1. The van der Waals surface area contributed by atoms with Crippen molar-refractivity contribution in [3.63, 3.8) is 0 Å². The zero-order valence-electron chi connectivity index (χ0n) is 14.0. The number of phenols is 1. The van der Waals surface area contributed by atoms with E-state index in [1.165, 1.54) is 12.8 Å². The minimum absolute atomic E-state index is 0.00481. The molecular weight excluding hydrogens is 318 g/mol. The van der Waals surface area contributed by atoms with E-state index < -0.39 is 17.1 Å². The van der Waals surface area contributed by atoms with Gasteiger partial charge in [-0.3, -0.25) is 9.69 Å². The van der Waals surface area contributed by atoms with E-state index in [1.807, 2.05) is 6.07 Å². The standard InChI is InChI=1S/C20H21NO4/c22-12-4-3-11-7-18-9-19-14(11)15(12)25-16(19)13(23)5-6-20(19,24)17(18)21(18)8-10-1-2-10/h3-4,10,16-17,22,24H,1-2,5-9H2/t16-,17?,18?,19-,20+,21?/m1/s1. The summed E-state index contributed by atoms with van der Waals surface area (Å²) in [5.41, 5.74) is 0.543. The predicted molar refractivity (Wildman–Crippen MR) is 87.7 cm³/mol. The van der Waals surface area contributed by atoms with Crippen molar-refractivity contribution in [2.75, 3.05) is 6.54 Å². The number of nitrogens with zero attached hydrogens (tertiary/aromatic N) is 1. The molecule has 1 aromatic rings. The Hall–Kier alpha value is -1.59. The predicted octanol–water partition coefficient (Wildman–Crippen LogP) is 1.28. The monoisotopic (exact) mass is 339 g/mol. The van der Waals surface area contributed by atoms with Crippen molar-refractivity contribution in [1.29, 1.82) is 0 Å². The number of hydrogen-bond acceptors (Lipinski definition) is 5. The highest BCUT2D eigenvalue weighted by Gasteiger charge is 2.88. The fourth-order valence-electron chi connectivity index (χ4n) is 7.16. The number of likely N-dealkylation sites (tertiary alicyclic amines) is 1. The molecule has 6 aliphatic rings. The van der Waals surface area contributed by atoms with Crippen molar-refractivity contribution in [2.24, 2.45) is 5.92 Å². The number of carbonyl (C=O) groups is 1. The molecule has 7 rings (SSSR count). The van der Waals surface area contributed by atoms with E-state index in [4.69, 9.17) is 4.74 Å². The van der Waals surface area contributed by atoms with Crippen LogP contribution in [-0.2, 0) is 16.6 Å². The molecule has 4 aliphatic carbocycles. The fourth-order valence-corrected chi connectivity index (χ4v) is 7.16. The molecule has 2 bridgehead atoms. The summed E-state index contributed by atoms with van der Waals surface area (Å²) in [4.78, 5) is 15.3. The molecule has 0 radical (unpaired) electrons. The summed E-state index contributed by atoms with van der Waals surface area (Å²) in [6.45, 7) is 1.09. The number of aromatic hydroxyl groups is 1. The summed E-state index contributed by atoms with van der Waals surface area (Å²) in [7, 11) is 0. The summed E-state index contributed by atoms with van der Waals surface area (Å²) >= 11 is 0. The van der Waals surface area contributed by atoms with Crippen molar-refractivity contribution >= 4 is 5.78 Å². The fraction of sp³-hybridized carbons (Fsp3) is 0.650. The second kappa shape index (κ2) is 3.60. The van der Waals surface area contributed by atoms with Gasteiger partial charge in [0.2, 0.25) is 0 Å². The van der Waals surface area contributed by atoms with Crippen LogP contribution in [0.1, 0.15) is 43.2 Å². The SMILES string of the molecule is O=C1CC[C@]2(O)C3N(CC4CC4)C34Cc3ccc(O)c5c3[C@]2(C4)[C@@H]1O5. The summed E-state index contributed by atoms with van der Waals surface area (Å²) in [5, 5.41) is 22.3. The summed E-state index contributed by atoms with van der Waals surface area (Å²) < 4.78 is 6.05. The minimum atomic E-state index is -0.912. The zero-order valence-corrected chi connectivity index (χ0v) is 14.0. The van der Waals surface area contributed by atoms with Crippen LogP contribution in [0, 0.1) is 5.92 Å². The highest BCUT2D eigenvalue weighted by Crippen LogP contribution is 2.76. The Balaban J connectivity index is 1.49. The number of fused-ring (bicyclic) bond motifs is 1. The van der Waals surface area contributed by atoms with Crippen LogP contribution < -0.4 is 4.74 Å². The van der Waals surface area contributed by atoms with Gasteiger partial charge in [0.25, 0.3) is 0 Å². The second-order valence-electron chi connectivity index (χ2n) is 9.26. The van der Waals surface area contributed by atoms with Gasteiger partial charge in [-0.05, 0) is 49.7 Å². The number of carbonyl (C=O) groups excluding carboxylic acids is 1. The van der Waals surface area contributed by atoms with E-state index in [9.17, 15) is 15.0 Å². The molecule has 0 aromatic heterocycles. The van der Waals surface area contributed by atoms with Crippen molar-refractivity contribution in [1.82, 2.24) is 4.90 Å². The molecule has 4 fully saturated rings. The van der Waals surface area contributed by atoms with Gasteiger partial charge in [-0.15, -0.1) is 0 Å². The van der Waals surface area contributed by atoms with Crippen LogP contribution >= 0.6 is 0 Å². The summed E-state index contributed by atoms with van der Waals surface area (Å²) in [5.74, 6) is 1.43. The highest BCUT2D eigenvalue weighted by molar-refractivity contribution is 5.90. The number of rotatable bonds is 2. The first kappa shape index (κ1) is 13.6. The van der Waals surface area contributed by atoms with E-state index in [0.717, 1.165) is 36.4 Å². The molecule has 5 heteroatoms. The Morgan fingerprint density at radius 1 is 1.32 bits per heavy atom. The number of Topliss-reactive ketones (excluding diaryl/α,β-unsaturated/α-hetero) is 1. The zero-order chi connectivity index (χ0) is 16.8. The maximum atomic E-state index is 12.7. The summed E-state index contributed by atoms with van der Waals surface area (Å²) in [6.07, 6.45) is 4.59. The lowest BCUT2D eigenvalue weighted by atomic mass is 9.57. The molecule has 0 amide bonds. The average molecular weight is 339 g/mol. The van der Waals surface area contributed by atoms with E-state index in [-0.39, 0.29) is 23.1 Å².